The number of aliphatic hydroxyl groups is 1. The summed E-state index contributed by atoms with van der Waals surface area (Å²) in [6.45, 7) is -0.685. The zero-order valence-corrected chi connectivity index (χ0v) is 15.9. The normalized spacial score (nSPS) is 10.7. The molecule has 7 nitrogen and oxygen atoms in total. The molecule has 0 atom stereocenters. The van der Waals surface area contributed by atoms with Crippen LogP contribution in [-0.2, 0) is 19.9 Å². The Morgan fingerprint density at radius 2 is 1.20 bits per heavy atom. The Bertz CT molecular complexity index is 968. The van der Waals surface area contributed by atoms with E-state index in [1.54, 1.807) is 91.0 Å². The highest BCUT2D eigenvalue weighted by atomic mass is 16.6. The predicted molar refractivity (Wildman–Crippen MR) is 109 cm³/mol. The summed E-state index contributed by atoms with van der Waals surface area (Å²) < 4.78 is 5.06. The first-order valence-corrected chi connectivity index (χ1v) is 9.16. The van der Waals surface area contributed by atoms with Crippen molar-refractivity contribution >= 4 is 17.8 Å². The van der Waals surface area contributed by atoms with Crippen LogP contribution in [0.25, 0.3) is 0 Å². The smallest absolute Gasteiger partial charge is 0.348 e. The second-order valence-corrected chi connectivity index (χ2v) is 6.39. The Morgan fingerprint density at radius 3 is 1.70 bits per heavy atom. The first-order valence-electron chi connectivity index (χ1n) is 9.16. The molecule has 0 unspecified atom stereocenters. The van der Waals surface area contributed by atoms with E-state index in [1.165, 1.54) is 0 Å². The zero-order chi connectivity index (χ0) is 21.4. The van der Waals surface area contributed by atoms with Gasteiger partial charge >= 0.3 is 5.97 Å². The standard InChI is InChI=1S/C23H20N2O5/c26-20(24-25-21(27)17-10-4-1-5-11-17)16-30-22(28)23(29,18-12-6-2-7-13-18)19-14-8-3-9-15-19/h1-15,29H,16H2,(H,24,26)(H,25,27). The van der Waals surface area contributed by atoms with Crippen LogP contribution in [-0.4, -0.2) is 29.5 Å². The van der Waals surface area contributed by atoms with Crippen molar-refractivity contribution in [3.05, 3.63) is 108 Å². The summed E-state index contributed by atoms with van der Waals surface area (Å²) in [6.07, 6.45) is 0. The molecule has 0 aliphatic rings. The van der Waals surface area contributed by atoms with Gasteiger partial charge in [-0.3, -0.25) is 20.4 Å². The Kier molecular flexibility index (Phi) is 6.56. The summed E-state index contributed by atoms with van der Waals surface area (Å²) in [4.78, 5) is 36.7. The van der Waals surface area contributed by atoms with E-state index in [-0.39, 0.29) is 0 Å². The monoisotopic (exact) mass is 404 g/mol. The molecule has 0 aromatic heterocycles. The Labute approximate surface area is 173 Å². The minimum absolute atomic E-state index is 0.305. The van der Waals surface area contributed by atoms with Crippen LogP contribution in [0.4, 0.5) is 0 Å². The molecule has 0 fully saturated rings. The highest BCUT2D eigenvalue weighted by Crippen LogP contribution is 2.30. The third-order valence-corrected chi connectivity index (χ3v) is 4.36. The van der Waals surface area contributed by atoms with Crippen molar-refractivity contribution in [2.45, 2.75) is 5.60 Å². The molecule has 3 N–H and O–H groups in total. The first-order chi connectivity index (χ1) is 14.5. The molecule has 0 aliphatic heterocycles. The van der Waals surface area contributed by atoms with Crippen LogP contribution < -0.4 is 10.9 Å². The molecule has 2 amide bonds. The van der Waals surface area contributed by atoms with E-state index in [2.05, 4.69) is 10.9 Å². The number of hydrogen-bond donors (Lipinski definition) is 3. The van der Waals surface area contributed by atoms with Gasteiger partial charge in [-0.15, -0.1) is 0 Å². The maximum absolute atomic E-state index is 12.8. The number of carbonyl (C=O) groups excluding carboxylic acids is 3. The van der Waals surface area contributed by atoms with E-state index >= 15 is 0 Å². The third kappa shape index (κ3) is 4.71. The molecule has 0 heterocycles. The van der Waals surface area contributed by atoms with Gasteiger partial charge in [-0.05, 0) is 23.3 Å². The number of ether oxygens (including phenoxy) is 1. The number of nitrogens with one attached hydrogen (secondary N) is 2. The average Bonchev–Trinajstić information content (AvgIpc) is 2.82. The van der Waals surface area contributed by atoms with Gasteiger partial charge in [0.2, 0.25) is 5.60 Å². The van der Waals surface area contributed by atoms with Crippen molar-refractivity contribution in [1.82, 2.24) is 10.9 Å². The van der Waals surface area contributed by atoms with Gasteiger partial charge in [-0.2, -0.15) is 0 Å². The van der Waals surface area contributed by atoms with Crippen LogP contribution in [0.15, 0.2) is 91.0 Å². The molecule has 0 radical (unpaired) electrons. The third-order valence-electron chi connectivity index (χ3n) is 4.36. The fourth-order valence-electron chi connectivity index (χ4n) is 2.82. The molecule has 0 aliphatic carbocycles. The van der Waals surface area contributed by atoms with Crippen LogP contribution in [0, 0.1) is 0 Å². The number of amides is 2. The number of carbonyl (C=O) groups is 3. The van der Waals surface area contributed by atoms with Gasteiger partial charge in [0.1, 0.15) is 0 Å². The summed E-state index contributed by atoms with van der Waals surface area (Å²) in [5.41, 5.74) is 3.28. The second-order valence-electron chi connectivity index (χ2n) is 6.39. The molecule has 3 rings (SSSR count). The van der Waals surface area contributed by atoms with Crippen LogP contribution in [0.5, 0.6) is 0 Å². The quantitative estimate of drug-likeness (QED) is 0.430. The summed E-state index contributed by atoms with van der Waals surface area (Å²) in [5, 5.41) is 11.2. The molecule has 0 spiro atoms. The number of rotatable bonds is 6. The molecule has 0 bridgehead atoms. The van der Waals surface area contributed by atoms with Gasteiger partial charge in [-0.25, -0.2) is 4.79 Å². The van der Waals surface area contributed by atoms with Crippen LogP contribution in [0.3, 0.4) is 0 Å². The van der Waals surface area contributed by atoms with Gasteiger partial charge in [0.25, 0.3) is 11.8 Å². The molecular formula is C23H20N2O5. The summed E-state index contributed by atoms with van der Waals surface area (Å²) in [7, 11) is 0. The van der Waals surface area contributed by atoms with Gasteiger partial charge in [0.15, 0.2) is 6.61 Å². The molecule has 152 valence electrons. The molecule has 0 saturated heterocycles. The Balaban J connectivity index is 1.65. The van der Waals surface area contributed by atoms with E-state index in [0.29, 0.717) is 16.7 Å². The van der Waals surface area contributed by atoms with E-state index < -0.39 is 30.0 Å². The van der Waals surface area contributed by atoms with Crippen molar-refractivity contribution in [3.8, 4) is 0 Å². The minimum atomic E-state index is -2.09. The Hall–Kier alpha value is -3.97. The number of hydrazine groups is 1. The lowest BCUT2D eigenvalue weighted by atomic mass is 9.86. The lowest BCUT2D eigenvalue weighted by Crippen LogP contribution is -2.45. The fraction of sp³-hybridized carbons (Fsp3) is 0.0870. The molecule has 7 heteroatoms. The highest BCUT2D eigenvalue weighted by molar-refractivity contribution is 5.95. The molecule has 30 heavy (non-hydrogen) atoms. The lowest BCUT2D eigenvalue weighted by molar-refractivity contribution is -0.164. The minimum Gasteiger partial charge on any atom is -0.453 e. The second kappa shape index (κ2) is 9.49. The predicted octanol–water partition coefficient (Wildman–Crippen LogP) is 1.93. The molecular weight excluding hydrogens is 384 g/mol. The SMILES string of the molecule is O=C(COC(=O)C(O)(c1ccccc1)c1ccccc1)NNC(=O)c1ccccc1. The van der Waals surface area contributed by atoms with Gasteiger partial charge < -0.3 is 9.84 Å². The van der Waals surface area contributed by atoms with Crippen molar-refractivity contribution in [2.24, 2.45) is 0 Å². The maximum Gasteiger partial charge on any atom is 0.348 e. The topological polar surface area (TPSA) is 105 Å². The van der Waals surface area contributed by atoms with Crippen molar-refractivity contribution < 1.29 is 24.2 Å². The molecule has 3 aromatic carbocycles. The number of esters is 1. The largest absolute Gasteiger partial charge is 0.453 e. The van der Waals surface area contributed by atoms with E-state index in [1.807, 2.05) is 0 Å². The molecule has 0 saturated carbocycles. The molecule has 3 aromatic rings. The van der Waals surface area contributed by atoms with Gasteiger partial charge in [0, 0.05) is 5.56 Å². The summed E-state index contributed by atoms with van der Waals surface area (Å²) >= 11 is 0. The first kappa shape index (κ1) is 20.8. The van der Waals surface area contributed by atoms with Crippen molar-refractivity contribution in [1.29, 1.82) is 0 Å². The van der Waals surface area contributed by atoms with E-state index in [0.717, 1.165) is 0 Å². The van der Waals surface area contributed by atoms with E-state index in [4.69, 9.17) is 4.74 Å². The van der Waals surface area contributed by atoms with Crippen LogP contribution >= 0.6 is 0 Å². The van der Waals surface area contributed by atoms with Gasteiger partial charge in [0.05, 0.1) is 0 Å². The highest BCUT2D eigenvalue weighted by Gasteiger charge is 2.41. The van der Waals surface area contributed by atoms with Crippen molar-refractivity contribution in [3.63, 3.8) is 0 Å². The van der Waals surface area contributed by atoms with Crippen LogP contribution in [0.1, 0.15) is 21.5 Å². The average molecular weight is 404 g/mol. The summed E-state index contributed by atoms with van der Waals surface area (Å²) in [6, 6.07) is 24.9. The maximum atomic E-state index is 12.8. The zero-order valence-electron chi connectivity index (χ0n) is 15.9. The number of hydrogen-bond acceptors (Lipinski definition) is 5. The fourth-order valence-corrected chi connectivity index (χ4v) is 2.82. The Morgan fingerprint density at radius 1 is 0.733 bits per heavy atom. The number of benzene rings is 3. The van der Waals surface area contributed by atoms with Crippen LogP contribution in [0.2, 0.25) is 0 Å². The van der Waals surface area contributed by atoms with E-state index in [9.17, 15) is 19.5 Å². The van der Waals surface area contributed by atoms with Gasteiger partial charge in [-0.1, -0.05) is 78.9 Å². The van der Waals surface area contributed by atoms with Crippen molar-refractivity contribution in [2.75, 3.05) is 6.61 Å². The summed E-state index contributed by atoms with van der Waals surface area (Å²) in [5.74, 6) is -2.28. The lowest BCUT2D eigenvalue weighted by Gasteiger charge is -2.26.